The Morgan fingerprint density at radius 3 is 0.958 bits per heavy atom. The zero-order chi connectivity index (χ0) is 54.3. The molecule has 3 aliphatic rings. The highest BCUT2D eigenvalue weighted by Gasteiger charge is 2.57. The average molecular weight is 1400 g/mol. The van der Waals surface area contributed by atoms with Crippen LogP contribution in [0.5, 0.6) is 0 Å². The molecule has 44 heteroatoms. The van der Waals surface area contributed by atoms with E-state index >= 15 is 0 Å². The fourth-order valence-electron chi connectivity index (χ4n) is 8.77. The third kappa shape index (κ3) is 29.7. The first-order valence-electron chi connectivity index (χ1n) is 25.5. The Bertz CT molecular complexity index is 1440. The molecule has 72 heavy (non-hydrogen) atoms. The molecule has 0 aromatic heterocycles. The van der Waals surface area contributed by atoms with E-state index in [1.165, 1.54) is 0 Å². The van der Waals surface area contributed by atoms with Crippen molar-refractivity contribution in [3.05, 3.63) is 0 Å². The Kier molecular flexibility index (Phi) is 31.3. The van der Waals surface area contributed by atoms with Gasteiger partial charge in [-0.1, -0.05) is 0 Å². The Balaban J connectivity index is 1.70. The second-order valence-electron chi connectivity index (χ2n) is 21.2. The molecule has 0 saturated carbocycles. The van der Waals surface area contributed by atoms with Crippen molar-refractivity contribution in [2.24, 2.45) is 0 Å². The Hall–Kier alpha value is 3.89. The average Bonchev–Trinajstić information content (AvgIpc) is 3.15. The van der Waals surface area contributed by atoms with E-state index in [0.29, 0.717) is 0 Å². The lowest BCUT2D eigenvalue weighted by Gasteiger charge is -2.43. The standard InChI is InChI=1S/C28H96O22Si22/c1-29-72(32-53-31-52-30-51-23-24-63-39-57(5)33-54(2)34-58(6)40-63,49-70(19,20)47-68(15,16)45-66(11,12)27-25-64-41-59(7)35-55(3)36-60(8)42-64)50-71(21,22)48-69(17,18)46-67(13,14)28-26-65-43-61(9)37-56(4)38-62(10)44-65/h54-65H,23-28,51-53H2,1-22H3. The van der Waals surface area contributed by atoms with Gasteiger partial charge in [0.2, 0.25) is 0 Å². The summed E-state index contributed by atoms with van der Waals surface area (Å²) in [6.45, 7) is 43.8. The van der Waals surface area contributed by atoms with Gasteiger partial charge >= 0.3 is 71.1 Å². The van der Waals surface area contributed by atoms with Gasteiger partial charge in [0.1, 0.15) is 9.76 Å². The summed E-state index contributed by atoms with van der Waals surface area (Å²) in [5.41, 5.74) is 0. The molecule has 0 radical (unpaired) electrons. The summed E-state index contributed by atoms with van der Waals surface area (Å²) in [5, 5.41) is 0. The summed E-state index contributed by atoms with van der Waals surface area (Å²) in [4.78, 5) is 0. The highest BCUT2D eigenvalue weighted by Crippen LogP contribution is 2.32. The van der Waals surface area contributed by atoms with Crippen molar-refractivity contribution >= 4 is 201 Å². The molecule has 3 aliphatic heterocycles. The predicted octanol–water partition coefficient (Wildman–Crippen LogP) is 0.489. The van der Waals surface area contributed by atoms with Gasteiger partial charge in [0, 0.05) is 7.11 Å². The maximum Gasteiger partial charge on any atom is 0.651 e. The molecule has 0 spiro atoms. The minimum Gasteiger partial charge on any atom is -0.446 e. The van der Waals surface area contributed by atoms with Crippen LogP contribution in [-0.4, -0.2) is 208 Å². The van der Waals surface area contributed by atoms with Crippen LogP contribution in [-0.2, 0) is 90.8 Å². The van der Waals surface area contributed by atoms with Crippen molar-refractivity contribution in [3.63, 3.8) is 0 Å². The van der Waals surface area contributed by atoms with Gasteiger partial charge in [-0.15, -0.1) is 0 Å². The molecule has 0 N–H and O–H groups in total. The first-order chi connectivity index (χ1) is 33.1. The highest BCUT2D eigenvalue weighted by atomic mass is 28.5. The fraction of sp³-hybridized carbons (Fsp3) is 1.00. The van der Waals surface area contributed by atoms with Crippen molar-refractivity contribution in [1.29, 1.82) is 0 Å². The van der Waals surface area contributed by atoms with Crippen LogP contribution in [0.15, 0.2) is 0 Å². The van der Waals surface area contributed by atoms with Crippen LogP contribution in [0, 0.1) is 0 Å². The Morgan fingerprint density at radius 2 is 0.639 bits per heavy atom. The van der Waals surface area contributed by atoms with Gasteiger partial charge in [-0.3, -0.25) is 0 Å². The second-order valence-corrected chi connectivity index (χ2v) is 80.3. The van der Waals surface area contributed by atoms with Crippen molar-refractivity contribution in [1.82, 2.24) is 0 Å². The number of rotatable bonds is 28. The molecule has 0 bridgehead atoms. The second kappa shape index (κ2) is 32.1. The maximum atomic E-state index is 7.03. The minimum absolute atomic E-state index is 0.832. The van der Waals surface area contributed by atoms with Gasteiger partial charge < -0.3 is 90.8 Å². The molecule has 6 atom stereocenters. The zero-order valence-corrected chi connectivity index (χ0v) is 72.9. The van der Waals surface area contributed by atoms with Crippen LogP contribution in [0.1, 0.15) is 0 Å². The van der Waals surface area contributed by atoms with Crippen LogP contribution in [0.2, 0.25) is 174 Å². The van der Waals surface area contributed by atoms with E-state index in [2.05, 4.69) is 105 Å². The molecule has 0 amide bonds. The molecule has 0 aliphatic carbocycles. The fourth-order valence-corrected chi connectivity index (χ4v) is 90.6. The third-order valence-electron chi connectivity index (χ3n) is 10.6. The normalized spacial score (nSPS) is 31.9. The summed E-state index contributed by atoms with van der Waals surface area (Å²) in [5.74, 6) is 0. The van der Waals surface area contributed by atoms with Crippen LogP contribution >= 0.6 is 0 Å². The molecule has 0 aromatic rings. The van der Waals surface area contributed by atoms with Gasteiger partial charge in [-0.2, -0.15) is 0 Å². The monoisotopic (exact) mass is 1400 g/mol. The number of hydrogen-bond donors (Lipinski definition) is 0. The third-order valence-corrected chi connectivity index (χ3v) is 81.2. The molecule has 3 saturated heterocycles. The van der Waals surface area contributed by atoms with Crippen LogP contribution in [0.3, 0.4) is 0 Å². The van der Waals surface area contributed by atoms with E-state index in [1.807, 2.05) is 32.7 Å². The SMILES string of the molecule is CO[Si](O[SiH2]O[SiH2]O[SiH2]CC[SiH]1O[SiH](C)O[SiH](C)O[SiH](C)O1)(O[Si](C)(C)O[Si](C)(C)O[Si](C)(C)CC[SiH]1O[SiH](C)O[SiH](C)O[SiH](C)O1)O[Si](C)(C)O[Si](C)(C)O[Si](C)(C)CC[SiH]1O[SiH](C)O[SiH](C)O[SiH](C)O1. The van der Waals surface area contributed by atoms with Crippen LogP contribution < -0.4 is 0 Å². The van der Waals surface area contributed by atoms with Gasteiger partial charge in [0.05, 0.1) is 0 Å². The van der Waals surface area contributed by atoms with E-state index < -0.39 is 201 Å². The Morgan fingerprint density at radius 1 is 0.347 bits per heavy atom. The van der Waals surface area contributed by atoms with Crippen LogP contribution in [0.4, 0.5) is 0 Å². The molecule has 3 fully saturated rings. The van der Waals surface area contributed by atoms with Crippen molar-refractivity contribution in [3.8, 4) is 0 Å². The van der Waals surface area contributed by atoms with Crippen molar-refractivity contribution in [2.45, 2.75) is 174 Å². The highest BCUT2D eigenvalue weighted by molar-refractivity contribution is 6.91. The van der Waals surface area contributed by atoms with Gasteiger partial charge in [-0.05, 0) is 174 Å². The van der Waals surface area contributed by atoms with E-state index in [1.54, 1.807) is 7.11 Å². The van der Waals surface area contributed by atoms with Gasteiger partial charge in [0.15, 0.2) is 16.6 Å². The molecule has 428 valence electrons. The molecule has 0 aromatic carbocycles. The summed E-state index contributed by atoms with van der Waals surface area (Å²) < 4.78 is 142. The molecular weight excluding hydrogens is 1310 g/mol. The molecular formula is C28H96O22Si22. The summed E-state index contributed by atoms with van der Waals surface area (Å²) in [6, 6.07) is 5.22. The topological polar surface area (TPSA) is 203 Å². The molecule has 22 nitrogen and oxygen atoms in total. The lowest BCUT2D eigenvalue weighted by molar-refractivity contribution is 0.0864. The summed E-state index contributed by atoms with van der Waals surface area (Å²) in [7, 11) is -44.3. The lowest BCUT2D eigenvalue weighted by atomic mass is 10.9. The van der Waals surface area contributed by atoms with E-state index in [9.17, 15) is 0 Å². The van der Waals surface area contributed by atoms with E-state index in [4.69, 9.17) is 90.8 Å². The molecule has 6 unspecified atom stereocenters. The first-order valence-corrected chi connectivity index (χ1v) is 72.7. The Labute approximate surface area is 468 Å². The largest absolute Gasteiger partial charge is 0.651 e. The smallest absolute Gasteiger partial charge is 0.446 e. The predicted molar refractivity (Wildman–Crippen MR) is 333 cm³/mol. The molecule has 3 heterocycles. The minimum atomic E-state index is -3.99. The molecule has 3 rings (SSSR count). The van der Waals surface area contributed by atoms with Gasteiger partial charge in [0.25, 0.3) is 104 Å². The van der Waals surface area contributed by atoms with Gasteiger partial charge in [-0.25, -0.2) is 0 Å². The number of hydrogen-bond acceptors (Lipinski definition) is 22. The van der Waals surface area contributed by atoms with E-state index in [0.717, 1.165) is 36.3 Å². The quantitative estimate of drug-likeness (QED) is 0.0773. The summed E-state index contributed by atoms with van der Waals surface area (Å²) in [6.07, 6.45) is 0. The summed E-state index contributed by atoms with van der Waals surface area (Å²) >= 11 is 0. The lowest BCUT2D eigenvalue weighted by Crippen LogP contribution is -2.65. The first kappa shape index (κ1) is 70.2. The maximum absolute atomic E-state index is 7.03. The van der Waals surface area contributed by atoms with E-state index in [-0.39, 0.29) is 0 Å². The van der Waals surface area contributed by atoms with Crippen molar-refractivity contribution in [2.75, 3.05) is 7.11 Å². The zero-order valence-electron chi connectivity index (χ0n) is 47.8. The van der Waals surface area contributed by atoms with Crippen molar-refractivity contribution < 1.29 is 90.8 Å². The van der Waals surface area contributed by atoms with Crippen LogP contribution in [0.25, 0.3) is 0 Å².